The third kappa shape index (κ3) is 1.48. The Kier molecular flexibility index (Phi) is 2.00. The van der Waals surface area contributed by atoms with Crippen molar-refractivity contribution >= 4 is 0 Å². The summed E-state index contributed by atoms with van der Waals surface area (Å²) < 4.78 is 5.14. The molecule has 1 aromatic carbocycles. The average Bonchev–Trinajstić information content (AvgIpc) is 3.01. The van der Waals surface area contributed by atoms with E-state index in [2.05, 4.69) is 20.3 Å². The zero-order chi connectivity index (χ0) is 10.8. The van der Waals surface area contributed by atoms with Crippen LogP contribution in [0.5, 0.6) is 0 Å². The Morgan fingerprint density at radius 2 is 1.94 bits per heavy atom. The number of rotatable bonds is 2. The van der Waals surface area contributed by atoms with Gasteiger partial charge in [-0.05, 0) is 0 Å². The summed E-state index contributed by atoms with van der Waals surface area (Å²) in [6.45, 7) is 0. The molecule has 0 saturated heterocycles. The van der Waals surface area contributed by atoms with E-state index in [1.807, 2.05) is 30.3 Å². The van der Waals surface area contributed by atoms with Crippen molar-refractivity contribution in [2.24, 2.45) is 0 Å². The normalized spacial score (nSPS) is 10.5. The minimum absolute atomic E-state index is 0.465. The molecule has 0 aliphatic carbocycles. The minimum atomic E-state index is 0.465. The second kappa shape index (κ2) is 3.62. The van der Waals surface area contributed by atoms with Crippen LogP contribution in [-0.2, 0) is 0 Å². The lowest BCUT2D eigenvalue weighted by molar-refractivity contribution is 0.432. The maximum atomic E-state index is 5.14. The second-order valence-corrected chi connectivity index (χ2v) is 3.28. The monoisotopic (exact) mass is 212 g/mol. The molecule has 1 N–H and O–H groups in total. The minimum Gasteiger partial charge on any atom is -0.333 e. The van der Waals surface area contributed by atoms with Crippen LogP contribution in [0, 0.1) is 0 Å². The molecule has 78 valence electrons. The molecule has 5 nitrogen and oxygen atoms in total. The standard InChI is InChI=1S/C11H8N4O/c1-2-4-8(5-3-1)10-14-11(16-15-10)9-6-12-13-7-9/h1-7H,(H,12,13). The third-order valence-electron chi connectivity index (χ3n) is 2.20. The van der Waals surface area contributed by atoms with Gasteiger partial charge in [0.2, 0.25) is 5.82 Å². The van der Waals surface area contributed by atoms with Crippen molar-refractivity contribution in [1.29, 1.82) is 0 Å². The number of hydrogen-bond donors (Lipinski definition) is 1. The maximum Gasteiger partial charge on any atom is 0.261 e. The highest BCUT2D eigenvalue weighted by Crippen LogP contribution is 2.20. The molecule has 5 heteroatoms. The van der Waals surface area contributed by atoms with Crippen LogP contribution >= 0.6 is 0 Å². The Balaban J connectivity index is 2.00. The summed E-state index contributed by atoms with van der Waals surface area (Å²) in [6.07, 6.45) is 3.35. The van der Waals surface area contributed by atoms with Gasteiger partial charge in [-0.2, -0.15) is 10.1 Å². The van der Waals surface area contributed by atoms with Gasteiger partial charge >= 0.3 is 0 Å². The van der Waals surface area contributed by atoms with E-state index in [1.54, 1.807) is 12.4 Å². The van der Waals surface area contributed by atoms with Gasteiger partial charge in [0.1, 0.15) is 0 Å². The Labute approximate surface area is 91.1 Å². The lowest BCUT2D eigenvalue weighted by atomic mass is 10.2. The molecule has 0 aliphatic heterocycles. The van der Waals surface area contributed by atoms with Crippen molar-refractivity contribution in [1.82, 2.24) is 20.3 Å². The number of hydrogen-bond acceptors (Lipinski definition) is 4. The van der Waals surface area contributed by atoms with Crippen LogP contribution in [0.4, 0.5) is 0 Å². The van der Waals surface area contributed by atoms with Crippen LogP contribution < -0.4 is 0 Å². The Morgan fingerprint density at radius 3 is 2.69 bits per heavy atom. The molecule has 0 amide bonds. The van der Waals surface area contributed by atoms with E-state index in [0.29, 0.717) is 11.7 Å². The molecule has 0 saturated carbocycles. The number of nitrogens with one attached hydrogen (secondary N) is 1. The van der Waals surface area contributed by atoms with Gasteiger partial charge in [0.15, 0.2) is 0 Å². The van der Waals surface area contributed by atoms with Crippen LogP contribution in [0.1, 0.15) is 0 Å². The molecule has 0 aliphatic rings. The van der Waals surface area contributed by atoms with Crippen molar-refractivity contribution in [3.8, 4) is 22.8 Å². The first-order valence-corrected chi connectivity index (χ1v) is 4.82. The summed E-state index contributed by atoms with van der Waals surface area (Å²) in [4.78, 5) is 4.29. The largest absolute Gasteiger partial charge is 0.333 e. The first kappa shape index (κ1) is 8.84. The van der Waals surface area contributed by atoms with E-state index in [1.165, 1.54) is 0 Å². The molecular weight excluding hydrogens is 204 g/mol. The molecule has 0 radical (unpaired) electrons. The highest BCUT2D eigenvalue weighted by Gasteiger charge is 2.10. The number of H-pyrrole nitrogens is 1. The van der Waals surface area contributed by atoms with Crippen LogP contribution in [0.15, 0.2) is 47.2 Å². The predicted octanol–water partition coefficient (Wildman–Crippen LogP) is 2.13. The molecule has 0 unspecified atom stereocenters. The highest BCUT2D eigenvalue weighted by atomic mass is 16.5. The number of nitrogens with zero attached hydrogens (tertiary/aromatic N) is 3. The zero-order valence-electron chi connectivity index (χ0n) is 8.29. The van der Waals surface area contributed by atoms with Gasteiger partial charge in [0.05, 0.1) is 11.8 Å². The summed E-state index contributed by atoms with van der Waals surface area (Å²) in [5, 5.41) is 10.4. The van der Waals surface area contributed by atoms with Crippen LogP contribution in [-0.4, -0.2) is 20.3 Å². The smallest absolute Gasteiger partial charge is 0.261 e. The van der Waals surface area contributed by atoms with Gasteiger partial charge < -0.3 is 4.52 Å². The first-order chi connectivity index (χ1) is 7.93. The van der Waals surface area contributed by atoms with E-state index < -0.39 is 0 Å². The third-order valence-corrected chi connectivity index (χ3v) is 2.20. The lowest BCUT2D eigenvalue weighted by Crippen LogP contribution is -1.79. The Bertz CT molecular complexity index is 571. The second-order valence-electron chi connectivity index (χ2n) is 3.28. The highest BCUT2D eigenvalue weighted by molar-refractivity contribution is 5.58. The number of aromatic nitrogens is 4. The Morgan fingerprint density at radius 1 is 1.06 bits per heavy atom. The van der Waals surface area contributed by atoms with E-state index >= 15 is 0 Å². The van der Waals surface area contributed by atoms with Gasteiger partial charge in [0, 0.05) is 11.8 Å². The summed E-state index contributed by atoms with van der Waals surface area (Å²) in [7, 11) is 0. The fourth-order valence-corrected chi connectivity index (χ4v) is 1.41. The van der Waals surface area contributed by atoms with Crippen LogP contribution in [0.2, 0.25) is 0 Å². The molecule has 3 aromatic rings. The fraction of sp³-hybridized carbons (Fsp3) is 0. The maximum absolute atomic E-state index is 5.14. The van der Waals surface area contributed by atoms with Crippen molar-refractivity contribution in [2.45, 2.75) is 0 Å². The molecule has 16 heavy (non-hydrogen) atoms. The topological polar surface area (TPSA) is 67.6 Å². The van der Waals surface area contributed by atoms with Gasteiger partial charge in [-0.1, -0.05) is 35.5 Å². The zero-order valence-corrected chi connectivity index (χ0v) is 8.29. The molecule has 2 heterocycles. The van der Waals surface area contributed by atoms with Crippen LogP contribution in [0.25, 0.3) is 22.8 Å². The molecular formula is C11H8N4O. The Hall–Kier alpha value is -2.43. The fourth-order valence-electron chi connectivity index (χ4n) is 1.41. The average molecular weight is 212 g/mol. The van der Waals surface area contributed by atoms with E-state index in [4.69, 9.17) is 4.52 Å². The summed E-state index contributed by atoms with van der Waals surface area (Å²) in [6, 6.07) is 9.68. The number of benzene rings is 1. The van der Waals surface area contributed by atoms with Crippen molar-refractivity contribution in [3.63, 3.8) is 0 Å². The molecule has 0 spiro atoms. The van der Waals surface area contributed by atoms with E-state index in [-0.39, 0.29) is 0 Å². The van der Waals surface area contributed by atoms with E-state index in [0.717, 1.165) is 11.1 Å². The quantitative estimate of drug-likeness (QED) is 0.706. The van der Waals surface area contributed by atoms with Crippen LogP contribution in [0.3, 0.4) is 0 Å². The molecule has 2 aromatic heterocycles. The van der Waals surface area contributed by atoms with Crippen molar-refractivity contribution in [3.05, 3.63) is 42.7 Å². The number of aromatic amines is 1. The molecule has 0 bridgehead atoms. The summed E-state index contributed by atoms with van der Waals surface area (Å²) in [5.41, 5.74) is 1.72. The van der Waals surface area contributed by atoms with Crippen molar-refractivity contribution in [2.75, 3.05) is 0 Å². The summed E-state index contributed by atoms with van der Waals surface area (Å²) in [5.74, 6) is 1.05. The van der Waals surface area contributed by atoms with Crippen molar-refractivity contribution < 1.29 is 4.52 Å². The summed E-state index contributed by atoms with van der Waals surface area (Å²) >= 11 is 0. The first-order valence-electron chi connectivity index (χ1n) is 4.82. The predicted molar refractivity (Wildman–Crippen MR) is 57.3 cm³/mol. The molecule has 0 atom stereocenters. The lowest BCUT2D eigenvalue weighted by Gasteiger charge is -1.90. The van der Waals surface area contributed by atoms with E-state index in [9.17, 15) is 0 Å². The molecule has 3 rings (SSSR count). The van der Waals surface area contributed by atoms with Gasteiger partial charge in [-0.15, -0.1) is 0 Å². The van der Waals surface area contributed by atoms with Gasteiger partial charge in [-0.3, -0.25) is 5.10 Å². The SMILES string of the molecule is c1ccc(-c2noc(-c3cn[nH]c3)n2)cc1. The molecule has 0 fully saturated rings. The van der Waals surface area contributed by atoms with Gasteiger partial charge in [0.25, 0.3) is 5.89 Å². The van der Waals surface area contributed by atoms with Gasteiger partial charge in [-0.25, -0.2) is 0 Å².